The van der Waals surface area contributed by atoms with Gasteiger partial charge < -0.3 is 0 Å². The Morgan fingerprint density at radius 1 is 1.00 bits per heavy atom. The second kappa shape index (κ2) is 1.23. The minimum absolute atomic E-state index is 0.608. The lowest BCUT2D eigenvalue weighted by Crippen LogP contribution is -2.61. The molecule has 1 heteroatoms. The van der Waals surface area contributed by atoms with Gasteiger partial charge in [0.15, 0.2) is 0 Å². The van der Waals surface area contributed by atoms with Crippen LogP contribution in [-0.4, -0.2) is 7.85 Å². The summed E-state index contributed by atoms with van der Waals surface area (Å²) in [5.74, 6) is 4.94. The summed E-state index contributed by atoms with van der Waals surface area (Å²) >= 11 is 0. The van der Waals surface area contributed by atoms with Crippen molar-refractivity contribution in [1.82, 2.24) is 0 Å². The summed E-state index contributed by atoms with van der Waals surface area (Å²) in [6, 6.07) is 0. The van der Waals surface area contributed by atoms with Gasteiger partial charge in [-0.15, -0.1) is 0 Å². The van der Waals surface area contributed by atoms with Gasteiger partial charge in [-0.3, -0.25) is 0 Å². The summed E-state index contributed by atoms with van der Waals surface area (Å²) in [5, 5.41) is 0. The largest absolute Gasteiger partial charge is 0.0738 e. The third-order valence-electron chi connectivity index (χ3n) is 3.96. The van der Waals surface area contributed by atoms with Crippen molar-refractivity contribution in [3.63, 3.8) is 0 Å². The van der Waals surface area contributed by atoms with E-state index in [0.717, 1.165) is 23.7 Å². The van der Waals surface area contributed by atoms with Crippen LogP contribution in [0.5, 0.6) is 0 Å². The van der Waals surface area contributed by atoms with E-state index in [-0.39, 0.29) is 0 Å². The SMILES string of the molecule is [B]C1CC2C3CC[C@@H]3[C@H]12. The summed E-state index contributed by atoms with van der Waals surface area (Å²) in [5.41, 5.74) is 0. The van der Waals surface area contributed by atoms with Gasteiger partial charge in [-0.25, -0.2) is 0 Å². The molecule has 0 spiro atoms. The van der Waals surface area contributed by atoms with E-state index in [1.54, 1.807) is 0 Å². The van der Waals surface area contributed by atoms with Crippen LogP contribution in [0, 0.1) is 23.7 Å². The Balaban J connectivity index is 1.82. The first kappa shape index (κ1) is 4.82. The van der Waals surface area contributed by atoms with E-state index in [0.29, 0.717) is 5.82 Å². The van der Waals surface area contributed by atoms with Crippen molar-refractivity contribution in [3.8, 4) is 0 Å². The zero-order chi connectivity index (χ0) is 6.01. The molecule has 0 amide bonds. The first-order valence-corrected chi connectivity index (χ1v) is 4.13. The molecule has 0 nitrogen and oxygen atoms in total. The van der Waals surface area contributed by atoms with Crippen molar-refractivity contribution in [3.05, 3.63) is 0 Å². The Morgan fingerprint density at radius 3 is 2.11 bits per heavy atom. The van der Waals surface area contributed by atoms with Crippen LogP contribution in [-0.2, 0) is 0 Å². The van der Waals surface area contributed by atoms with Crippen molar-refractivity contribution in [2.75, 3.05) is 0 Å². The highest BCUT2D eigenvalue weighted by atomic mass is 14.7. The maximum atomic E-state index is 5.85. The number of hydrogen-bond donors (Lipinski definition) is 0. The topological polar surface area (TPSA) is 0 Å². The molecule has 0 aromatic heterocycles. The molecule has 0 bridgehead atoms. The average Bonchev–Trinajstić information content (AvgIpc) is 1.79. The first-order valence-electron chi connectivity index (χ1n) is 4.13. The highest BCUT2D eigenvalue weighted by molar-refractivity contribution is 6.12. The van der Waals surface area contributed by atoms with Crippen molar-refractivity contribution in [1.29, 1.82) is 0 Å². The molecular formula is C8H11B. The Morgan fingerprint density at radius 2 is 1.78 bits per heavy atom. The quantitative estimate of drug-likeness (QED) is 0.424. The zero-order valence-electron chi connectivity index (χ0n) is 5.59. The van der Waals surface area contributed by atoms with Crippen LogP contribution in [0.4, 0.5) is 0 Å². The maximum absolute atomic E-state index is 5.85. The first-order chi connectivity index (χ1) is 4.38. The fourth-order valence-corrected chi connectivity index (χ4v) is 3.26. The molecule has 3 aliphatic rings. The third kappa shape index (κ3) is 0.351. The fraction of sp³-hybridized carbons (Fsp3) is 1.00. The van der Waals surface area contributed by atoms with E-state index in [4.69, 9.17) is 7.85 Å². The molecule has 0 heterocycles. The molecule has 2 radical (unpaired) electrons. The van der Waals surface area contributed by atoms with Crippen LogP contribution >= 0.6 is 0 Å². The predicted molar refractivity (Wildman–Crippen MR) is 37.3 cm³/mol. The van der Waals surface area contributed by atoms with Gasteiger partial charge in [0.1, 0.15) is 0 Å². The molecule has 3 unspecified atom stereocenters. The van der Waals surface area contributed by atoms with Gasteiger partial charge in [-0.2, -0.15) is 0 Å². The molecule has 9 heavy (non-hydrogen) atoms. The molecule has 0 saturated heterocycles. The minimum atomic E-state index is 0.608. The molecule has 0 aromatic rings. The summed E-state index contributed by atoms with van der Waals surface area (Å²) in [6.45, 7) is 0. The second-order valence-corrected chi connectivity index (χ2v) is 4.05. The average molecular weight is 118 g/mol. The summed E-state index contributed by atoms with van der Waals surface area (Å²) < 4.78 is 0. The Kier molecular flexibility index (Phi) is 0.660. The molecule has 5 atom stereocenters. The van der Waals surface area contributed by atoms with Crippen LogP contribution in [0.2, 0.25) is 5.82 Å². The lowest BCUT2D eigenvalue weighted by Gasteiger charge is -2.69. The summed E-state index contributed by atoms with van der Waals surface area (Å²) in [6.07, 6.45) is 4.38. The van der Waals surface area contributed by atoms with E-state index in [1.807, 2.05) is 0 Å². The third-order valence-corrected chi connectivity index (χ3v) is 3.96. The zero-order valence-corrected chi connectivity index (χ0v) is 5.59. The Labute approximate surface area is 57.4 Å². The second-order valence-electron chi connectivity index (χ2n) is 4.05. The highest BCUT2D eigenvalue weighted by Crippen LogP contribution is 2.70. The highest BCUT2D eigenvalue weighted by Gasteiger charge is 2.61. The molecule has 0 aromatic carbocycles. The predicted octanol–water partition coefficient (Wildman–Crippen LogP) is 1.62. The standard InChI is InChI=1S/C8H11B/c9-7-3-6-4-1-2-5(4)8(6)7/h4-8H,1-3H2/t4?,5-,6?,7?,8-/m0/s1. The van der Waals surface area contributed by atoms with E-state index < -0.39 is 0 Å². The molecule has 3 rings (SSSR count). The smallest absolute Gasteiger partial charge is 0.0703 e. The molecule has 3 fully saturated rings. The van der Waals surface area contributed by atoms with Crippen molar-refractivity contribution < 1.29 is 0 Å². The Bertz CT molecular complexity index is 149. The van der Waals surface area contributed by atoms with Crippen molar-refractivity contribution in [2.45, 2.75) is 25.1 Å². The van der Waals surface area contributed by atoms with Gasteiger partial charge in [0.2, 0.25) is 0 Å². The van der Waals surface area contributed by atoms with Gasteiger partial charge in [0, 0.05) is 0 Å². The molecule has 0 N–H and O–H groups in total. The molecule has 46 valence electrons. The monoisotopic (exact) mass is 118 g/mol. The summed E-state index contributed by atoms with van der Waals surface area (Å²) in [4.78, 5) is 0. The summed E-state index contributed by atoms with van der Waals surface area (Å²) in [7, 11) is 5.85. The molecule has 0 aliphatic heterocycles. The van der Waals surface area contributed by atoms with Gasteiger partial charge in [0.05, 0.1) is 7.85 Å². The van der Waals surface area contributed by atoms with Gasteiger partial charge in [-0.1, -0.05) is 12.2 Å². The lowest BCUT2D eigenvalue weighted by molar-refractivity contribution is -0.163. The molecule has 3 aliphatic carbocycles. The van der Waals surface area contributed by atoms with Crippen LogP contribution < -0.4 is 0 Å². The van der Waals surface area contributed by atoms with Gasteiger partial charge >= 0.3 is 0 Å². The van der Waals surface area contributed by atoms with Crippen molar-refractivity contribution >= 4 is 7.85 Å². The molecule has 3 saturated carbocycles. The van der Waals surface area contributed by atoms with E-state index in [1.165, 1.54) is 19.3 Å². The Hall–Kier alpha value is 0.0649. The van der Waals surface area contributed by atoms with E-state index >= 15 is 0 Å². The van der Waals surface area contributed by atoms with Gasteiger partial charge in [-0.05, 0) is 36.5 Å². The van der Waals surface area contributed by atoms with Crippen LogP contribution in [0.25, 0.3) is 0 Å². The van der Waals surface area contributed by atoms with Crippen LogP contribution in [0.15, 0.2) is 0 Å². The van der Waals surface area contributed by atoms with E-state index in [9.17, 15) is 0 Å². The number of hydrogen-bond acceptors (Lipinski definition) is 0. The maximum Gasteiger partial charge on any atom is 0.0703 e. The van der Waals surface area contributed by atoms with Gasteiger partial charge in [0.25, 0.3) is 0 Å². The van der Waals surface area contributed by atoms with Crippen LogP contribution in [0.3, 0.4) is 0 Å². The van der Waals surface area contributed by atoms with E-state index in [2.05, 4.69) is 0 Å². The number of fused-ring (bicyclic) bond motifs is 4. The van der Waals surface area contributed by atoms with Crippen molar-refractivity contribution in [2.24, 2.45) is 23.7 Å². The molecular weight excluding hydrogens is 107 g/mol. The normalized spacial score (nSPS) is 68.2. The minimum Gasteiger partial charge on any atom is -0.0738 e. The number of rotatable bonds is 0. The fourth-order valence-electron chi connectivity index (χ4n) is 3.26. The lowest BCUT2D eigenvalue weighted by atomic mass is 9.33. The van der Waals surface area contributed by atoms with Crippen LogP contribution in [0.1, 0.15) is 19.3 Å².